The van der Waals surface area contributed by atoms with Gasteiger partial charge >= 0.3 is 5.69 Å². The molecule has 0 radical (unpaired) electrons. The predicted octanol–water partition coefficient (Wildman–Crippen LogP) is -0.145. The highest BCUT2D eigenvalue weighted by Crippen LogP contribution is 2.24. The molecular formula is C10H17N7O3. The molecule has 1 amide bonds. The van der Waals surface area contributed by atoms with E-state index in [1.807, 2.05) is 0 Å². The predicted molar refractivity (Wildman–Crippen MR) is 72.8 cm³/mol. The molecule has 0 aromatic carbocycles. The minimum Gasteiger partial charge on any atom is -0.363 e. The zero-order valence-electron chi connectivity index (χ0n) is 11.4. The lowest BCUT2D eigenvalue weighted by atomic mass is 9.92. The smallest absolute Gasteiger partial charge is 0.329 e. The van der Waals surface area contributed by atoms with E-state index >= 15 is 0 Å². The van der Waals surface area contributed by atoms with E-state index in [2.05, 4.69) is 26.0 Å². The molecule has 0 saturated carbocycles. The number of carbonyl (C=O) groups excluding carboxylic acids is 1. The van der Waals surface area contributed by atoms with Gasteiger partial charge < -0.3 is 10.6 Å². The summed E-state index contributed by atoms with van der Waals surface area (Å²) in [6.07, 6.45) is 1.04. The van der Waals surface area contributed by atoms with Crippen molar-refractivity contribution >= 4 is 23.4 Å². The third kappa shape index (κ3) is 3.51. The molecule has 0 aliphatic heterocycles. The van der Waals surface area contributed by atoms with Crippen LogP contribution in [0.1, 0.15) is 13.8 Å². The first-order valence-electron chi connectivity index (χ1n) is 5.76. The monoisotopic (exact) mass is 283 g/mol. The number of aromatic nitrogens is 2. The molecule has 20 heavy (non-hydrogen) atoms. The van der Waals surface area contributed by atoms with Crippen molar-refractivity contribution in [3.63, 3.8) is 0 Å². The maximum absolute atomic E-state index is 11.6. The number of nitrogens with one attached hydrogen (secondary N) is 3. The number of nitrogens with zero attached hydrogens (tertiary/aromatic N) is 3. The molecule has 0 fully saturated rings. The van der Waals surface area contributed by atoms with Crippen LogP contribution in [0, 0.1) is 15.5 Å². The SMILES string of the molecule is CNC(=O)C(C)(C)CNc1nc(NN)ncc1[N+](=O)[O-]. The van der Waals surface area contributed by atoms with Gasteiger partial charge in [0, 0.05) is 13.6 Å². The quantitative estimate of drug-likeness (QED) is 0.320. The second-order valence-electron chi connectivity index (χ2n) is 4.65. The minimum atomic E-state index is -0.760. The molecular weight excluding hydrogens is 266 g/mol. The van der Waals surface area contributed by atoms with Gasteiger partial charge in [0.25, 0.3) is 0 Å². The molecule has 0 saturated heterocycles. The summed E-state index contributed by atoms with van der Waals surface area (Å²) in [7, 11) is 1.52. The van der Waals surface area contributed by atoms with Crippen molar-refractivity contribution < 1.29 is 9.72 Å². The van der Waals surface area contributed by atoms with E-state index in [1.165, 1.54) is 7.05 Å². The molecule has 10 heteroatoms. The van der Waals surface area contributed by atoms with Crippen LogP contribution >= 0.6 is 0 Å². The summed E-state index contributed by atoms with van der Waals surface area (Å²) in [5.41, 5.74) is 1.15. The Labute approximate surface area is 115 Å². The number of nitro groups is 1. The fourth-order valence-corrected chi connectivity index (χ4v) is 1.43. The van der Waals surface area contributed by atoms with Crippen molar-refractivity contribution in [2.24, 2.45) is 11.3 Å². The lowest BCUT2D eigenvalue weighted by Crippen LogP contribution is -2.39. The second-order valence-corrected chi connectivity index (χ2v) is 4.65. The zero-order valence-corrected chi connectivity index (χ0v) is 11.4. The standard InChI is InChI=1S/C10H17N7O3/c1-10(2,8(18)12-3)5-14-7-6(17(19)20)4-13-9(15-7)16-11/h4H,5,11H2,1-3H3,(H,12,18)(H2,13,14,15,16). The Morgan fingerprint density at radius 2 is 2.20 bits per heavy atom. The first-order chi connectivity index (χ1) is 9.31. The Morgan fingerprint density at radius 1 is 1.55 bits per heavy atom. The van der Waals surface area contributed by atoms with Gasteiger partial charge in [0.15, 0.2) is 0 Å². The minimum absolute atomic E-state index is 0.00470. The van der Waals surface area contributed by atoms with Gasteiger partial charge in [-0.2, -0.15) is 4.98 Å². The lowest BCUT2D eigenvalue weighted by molar-refractivity contribution is -0.384. The number of nitrogens with two attached hydrogens (primary N) is 1. The third-order valence-corrected chi connectivity index (χ3v) is 2.63. The largest absolute Gasteiger partial charge is 0.363 e. The van der Waals surface area contributed by atoms with Crippen molar-refractivity contribution in [2.75, 3.05) is 24.3 Å². The summed E-state index contributed by atoms with van der Waals surface area (Å²) in [6.45, 7) is 3.57. The summed E-state index contributed by atoms with van der Waals surface area (Å²) >= 11 is 0. The highest BCUT2D eigenvalue weighted by molar-refractivity contribution is 5.82. The van der Waals surface area contributed by atoms with E-state index < -0.39 is 10.3 Å². The number of hydrogen-bond donors (Lipinski definition) is 4. The van der Waals surface area contributed by atoms with Crippen LogP contribution in [0.5, 0.6) is 0 Å². The van der Waals surface area contributed by atoms with Gasteiger partial charge in [-0.05, 0) is 13.8 Å². The van der Waals surface area contributed by atoms with E-state index in [1.54, 1.807) is 13.8 Å². The number of anilines is 2. The van der Waals surface area contributed by atoms with Crippen molar-refractivity contribution in [1.82, 2.24) is 15.3 Å². The average Bonchev–Trinajstić information content (AvgIpc) is 2.43. The fourth-order valence-electron chi connectivity index (χ4n) is 1.43. The molecule has 1 rings (SSSR count). The summed E-state index contributed by atoms with van der Waals surface area (Å²) in [6, 6.07) is 0. The zero-order chi connectivity index (χ0) is 15.3. The van der Waals surface area contributed by atoms with Gasteiger partial charge in [-0.15, -0.1) is 0 Å². The molecule has 0 atom stereocenters. The first-order valence-corrected chi connectivity index (χ1v) is 5.76. The molecule has 1 aromatic rings. The lowest BCUT2D eigenvalue weighted by Gasteiger charge is -2.23. The van der Waals surface area contributed by atoms with Crippen LogP contribution in [-0.4, -0.2) is 34.4 Å². The van der Waals surface area contributed by atoms with Crippen LogP contribution in [-0.2, 0) is 4.79 Å². The average molecular weight is 283 g/mol. The van der Waals surface area contributed by atoms with Gasteiger partial charge in [0.2, 0.25) is 17.7 Å². The van der Waals surface area contributed by atoms with Gasteiger partial charge in [0.1, 0.15) is 6.20 Å². The van der Waals surface area contributed by atoms with Crippen LogP contribution in [0.4, 0.5) is 17.5 Å². The maximum Gasteiger partial charge on any atom is 0.329 e. The van der Waals surface area contributed by atoms with E-state index in [0.29, 0.717) is 0 Å². The molecule has 0 bridgehead atoms. The topological polar surface area (TPSA) is 148 Å². The van der Waals surface area contributed by atoms with Crippen LogP contribution < -0.4 is 21.9 Å². The Hall–Kier alpha value is -2.49. The van der Waals surface area contributed by atoms with Gasteiger partial charge in [0.05, 0.1) is 10.3 Å². The Morgan fingerprint density at radius 3 is 2.70 bits per heavy atom. The molecule has 0 unspecified atom stereocenters. The summed E-state index contributed by atoms with van der Waals surface area (Å²) in [5.74, 6) is 5.00. The van der Waals surface area contributed by atoms with Crippen LogP contribution in [0.15, 0.2) is 6.20 Å². The Bertz CT molecular complexity index is 518. The van der Waals surface area contributed by atoms with Crippen LogP contribution in [0.2, 0.25) is 0 Å². The Kier molecular flexibility index (Phi) is 4.75. The summed E-state index contributed by atoms with van der Waals surface area (Å²) in [5, 5.41) is 16.2. The van der Waals surface area contributed by atoms with Crippen molar-refractivity contribution in [2.45, 2.75) is 13.8 Å². The fraction of sp³-hybridized carbons (Fsp3) is 0.500. The molecule has 0 spiro atoms. The molecule has 5 N–H and O–H groups in total. The second kappa shape index (κ2) is 6.10. The first kappa shape index (κ1) is 15.6. The maximum atomic E-state index is 11.6. The van der Waals surface area contributed by atoms with Gasteiger partial charge in [-0.3, -0.25) is 20.3 Å². The molecule has 10 nitrogen and oxygen atoms in total. The van der Waals surface area contributed by atoms with Crippen LogP contribution in [0.25, 0.3) is 0 Å². The number of nitrogen functional groups attached to an aromatic ring is 1. The highest BCUT2D eigenvalue weighted by Gasteiger charge is 2.28. The molecule has 1 heterocycles. The van der Waals surface area contributed by atoms with Crippen molar-refractivity contribution in [1.29, 1.82) is 0 Å². The molecule has 0 aliphatic rings. The molecule has 0 aliphatic carbocycles. The van der Waals surface area contributed by atoms with Crippen LogP contribution in [0.3, 0.4) is 0 Å². The van der Waals surface area contributed by atoms with E-state index in [9.17, 15) is 14.9 Å². The van der Waals surface area contributed by atoms with Crippen molar-refractivity contribution in [3.8, 4) is 0 Å². The summed E-state index contributed by atoms with van der Waals surface area (Å²) in [4.78, 5) is 29.5. The number of hydrazine groups is 1. The van der Waals surface area contributed by atoms with E-state index in [-0.39, 0.29) is 29.9 Å². The number of carbonyl (C=O) groups is 1. The Balaban J connectivity index is 2.96. The summed E-state index contributed by atoms with van der Waals surface area (Å²) < 4.78 is 0. The van der Waals surface area contributed by atoms with E-state index in [4.69, 9.17) is 5.84 Å². The third-order valence-electron chi connectivity index (χ3n) is 2.63. The highest BCUT2D eigenvalue weighted by atomic mass is 16.6. The molecule has 1 aromatic heterocycles. The number of amides is 1. The molecule has 110 valence electrons. The van der Waals surface area contributed by atoms with E-state index in [0.717, 1.165) is 6.20 Å². The van der Waals surface area contributed by atoms with Gasteiger partial charge in [-0.1, -0.05) is 0 Å². The normalized spacial score (nSPS) is 10.8. The van der Waals surface area contributed by atoms with Crippen molar-refractivity contribution in [3.05, 3.63) is 16.3 Å². The number of hydrogen-bond acceptors (Lipinski definition) is 8. The van der Waals surface area contributed by atoms with Gasteiger partial charge in [-0.25, -0.2) is 10.8 Å². The number of rotatable bonds is 6.